The highest BCUT2D eigenvalue weighted by molar-refractivity contribution is 7.99. The van der Waals surface area contributed by atoms with E-state index in [1.54, 1.807) is 68.0 Å². The lowest BCUT2D eigenvalue weighted by Crippen LogP contribution is -2.56. The number of carbonyl (C=O) groups is 4. The van der Waals surface area contributed by atoms with Crippen LogP contribution in [0.15, 0.2) is 83.2 Å². The first-order chi connectivity index (χ1) is 25.0. The predicted octanol–water partition coefficient (Wildman–Crippen LogP) is 3.72. The highest BCUT2D eigenvalue weighted by Gasteiger charge is 2.45. The fourth-order valence-electron chi connectivity index (χ4n) is 5.16. The molecule has 1 aliphatic rings. The molecule has 0 saturated heterocycles. The number of aromatic nitrogens is 1. The second-order valence-corrected chi connectivity index (χ2v) is 13.4. The van der Waals surface area contributed by atoms with Crippen LogP contribution in [-0.4, -0.2) is 66.5 Å². The third kappa shape index (κ3) is 9.23. The Morgan fingerprint density at radius 1 is 1.06 bits per heavy atom. The minimum Gasteiger partial charge on any atom is -0.470 e. The van der Waals surface area contributed by atoms with E-state index in [1.807, 2.05) is 37.3 Å². The highest BCUT2D eigenvalue weighted by atomic mass is 32.2. The van der Waals surface area contributed by atoms with Crippen LogP contribution in [0.3, 0.4) is 0 Å². The molecule has 1 aliphatic heterocycles. The van der Waals surface area contributed by atoms with Crippen LogP contribution in [-0.2, 0) is 25.8 Å². The summed E-state index contributed by atoms with van der Waals surface area (Å²) in [4.78, 5) is 63.6. The average molecular weight is 743 g/mol. The van der Waals surface area contributed by atoms with Crippen LogP contribution in [0, 0.1) is 12.3 Å². The molecular weight excluding hydrogens is 705 g/mol. The molecule has 8 N–H and O–H groups in total. The number of hydrogen-bond acceptors (Lipinski definition) is 10. The van der Waals surface area contributed by atoms with Crippen molar-refractivity contribution in [2.24, 2.45) is 10.7 Å². The summed E-state index contributed by atoms with van der Waals surface area (Å²) in [7, 11) is 1.62. The van der Waals surface area contributed by atoms with Crippen molar-refractivity contribution in [1.29, 1.82) is 5.41 Å². The topological polar surface area (TPSA) is 216 Å². The fourth-order valence-corrected chi connectivity index (χ4v) is 6.87. The number of guanidine groups is 1. The maximum absolute atomic E-state index is 14.3. The van der Waals surface area contributed by atoms with Gasteiger partial charge >= 0.3 is 6.03 Å². The van der Waals surface area contributed by atoms with Gasteiger partial charge in [-0.15, -0.1) is 23.1 Å². The molecule has 2 heterocycles. The van der Waals surface area contributed by atoms with E-state index in [0.717, 1.165) is 17.3 Å². The van der Waals surface area contributed by atoms with Crippen molar-refractivity contribution in [2.75, 3.05) is 35.7 Å². The minimum absolute atomic E-state index is 0.246. The van der Waals surface area contributed by atoms with E-state index in [9.17, 15) is 19.2 Å². The first kappa shape index (κ1) is 37.3. The first-order valence-electron chi connectivity index (χ1n) is 16.0. The summed E-state index contributed by atoms with van der Waals surface area (Å²) in [6.45, 7) is 3.84. The molecule has 270 valence electrons. The number of anilines is 3. The van der Waals surface area contributed by atoms with E-state index in [1.165, 1.54) is 16.2 Å². The number of fused-ring (bicyclic) bond motifs is 1. The van der Waals surface area contributed by atoms with Crippen molar-refractivity contribution < 1.29 is 23.9 Å². The monoisotopic (exact) mass is 742 g/mol. The number of para-hydroxylation sites is 1. The summed E-state index contributed by atoms with van der Waals surface area (Å²) in [5.41, 5.74) is 6.14. The van der Waals surface area contributed by atoms with Crippen LogP contribution in [0.5, 0.6) is 5.75 Å². The van der Waals surface area contributed by atoms with E-state index in [2.05, 4.69) is 36.6 Å². The van der Waals surface area contributed by atoms with E-state index in [0.29, 0.717) is 39.9 Å². The number of nitrogens with two attached hydrogens (primary N) is 1. The summed E-state index contributed by atoms with van der Waals surface area (Å²) in [5.74, 6) is -1.14. The van der Waals surface area contributed by atoms with Gasteiger partial charge in [-0.1, -0.05) is 42.5 Å². The number of aryl methyl sites for hydroxylation is 1. The molecule has 0 fully saturated rings. The Kier molecular flexibility index (Phi) is 12.1. The standard InChI is InChI=1S/C35H38N10O5S2/c1-4-38-28(46)18-39-29(47)30(51-19-25-20-52-34(42-25)43-32(36)37)50-26-14-12-23(13-15-26)35(44-33(49)41-24-10-7-8-21(2)16-24)31(48)45(3)27-11-6-5-9-22(27)17-40-35/h5-17,20,30H,4,18-19H2,1-3H3,(H,38,46)(H,39,47)(H2,41,44,49)(H4,36,37,42,43). The van der Waals surface area contributed by atoms with Gasteiger partial charge in [0.05, 0.1) is 17.9 Å². The maximum atomic E-state index is 14.3. The molecule has 15 nitrogen and oxygen atoms in total. The Hall–Kier alpha value is -5.94. The van der Waals surface area contributed by atoms with Crippen LogP contribution in [0.25, 0.3) is 0 Å². The summed E-state index contributed by atoms with van der Waals surface area (Å²) < 4.78 is 6.12. The number of ether oxygens (including phenoxy) is 1. The third-order valence-corrected chi connectivity index (χ3v) is 9.46. The van der Waals surface area contributed by atoms with Gasteiger partial charge in [-0.25, -0.2) is 9.78 Å². The Bertz CT molecular complexity index is 1990. The Balaban J connectivity index is 1.41. The zero-order valence-corrected chi connectivity index (χ0v) is 30.2. The number of likely N-dealkylation sites (N-methyl/N-ethyl adjacent to an activating group) is 2. The average Bonchev–Trinajstić information content (AvgIpc) is 3.53. The molecule has 5 rings (SSSR count). The van der Waals surface area contributed by atoms with Crippen molar-refractivity contribution in [1.82, 2.24) is 20.9 Å². The van der Waals surface area contributed by atoms with Gasteiger partial charge in [-0.2, -0.15) is 0 Å². The molecule has 0 radical (unpaired) electrons. The number of benzodiazepines with no additional fused rings is 1. The van der Waals surface area contributed by atoms with E-state index in [-0.39, 0.29) is 29.9 Å². The largest absolute Gasteiger partial charge is 0.470 e. The second kappa shape index (κ2) is 16.8. The van der Waals surface area contributed by atoms with E-state index in [4.69, 9.17) is 15.9 Å². The zero-order chi connectivity index (χ0) is 37.3. The first-order valence-corrected chi connectivity index (χ1v) is 18.0. The Morgan fingerprint density at radius 2 is 1.83 bits per heavy atom. The molecule has 1 aromatic heterocycles. The number of amides is 5. The molecule has 0 aliphatic carbocycles. The van der Waals surface area contributed by atoms with Crippen molar-refractivity contribution in [3.05, 3.63) is 101 Å². The van der Waals surface area contributed by atoms with Gasteiger partial charge in [0, 0.05) is 47.8 Å². The molecule has 2 unspecified atom stereocenters. The number of thiazole rings is 1. The lowest BCUT2D eigenvalue weighted by molar-refractivity contribution is -0.128. The van der Waals surface area contributed by atoms with Crippen molar-refractivity contribution in [3.8, 4) is 5.75 Å². The Labute approximate surface area is 308 Å². The van der Waals surface area contributed by atoms with Gasteiger partial charge in [-0.3, -0.25) is 24.8 Å². The van der Waals surface area contributed by atoms with Gasteiger partial charge in [0.2, 0.25) is 17.0 Å². The molecular formula is C35H38N10O5S2. The number of carbonyl (C=O) groups excluding carboxylic acids is 4. The quantitative estimate of drug-likeness (QED) is 0.0603. The number of rotatable bonds is 13. The number of urea groups is 1. The van der Waals surface area contributed by atoms with Gasteiger partial charge in [0.25, 0.3) is 11.8 Å². The predicted molar refractivity (Wildman–Crippen MR) is 204 cm³/mol. The summed E-state index contributed by atoms with van der Waals surface area (Å²) >= 11 is 2.38. The molecule has 0 spiro atoms. The summed E-state index contributed by atoms with van der Waals surface area (Å²) in [6.07, 6.45) is 1.55. The lowest BCUT2D eigenvalue weighted by atomic mass is 9.98. The molecule has 0 bridgehead atoms. The van der Waals surface area contributed by atoms with E-state index < -0.39 is 28.9 Å². The van der Waals surface area contributed by atoms with Crippen molar-refractivity contribution >= 4 is 75.5 Å². The summed E-state index contributed by atoms with van der Waals surface area (Å²) in [6, 6.07) is 20.2. The molecule has 17 heteroatoms. The molecule has 4 aromatic rings. The highest BCUT2D eigenvalue weighted by Crippen LogP contribution is 2.34. The molecule has 52 heavy (non-hydrogen) atoms. The van der Waals surface area contributed by atoms with Gasteiger partial charge in [0.1, 0.15) is 5.75 Å². The zero-order valence-electron chi connectivity index (χ0n) is 28.6. The normalized spacial score (nSPS) is 15.4. The van der Waals surface area contributed by atoms with Gasteiger partial charge in [-0.05, 0) is 49.7 Å². The lowest BCUT2D eigenvalue weighted by Gasteiger charge is -2.32. The SMILES string of the molecule is CCNC(=O)CNC(=O)C(Oc1ccc(C2(NC(=O)Nc3cccc(C)c3)N=Cc3ccccc3N(C)C2=O)cc1)SCc1csc(NC(=N)N)n1. The number of aliphatic imine (C=N–C) groups is 1. The second-order valence-electron chi connectivity index (χ2n) is 11.5. The number of hydrogen-bond donors (Lipinski definition) is 7. The molecule has 3 aromatic carbocycles. The minimum atomic E-state index is -1.88. The van der Waals surface area contributed by atoms with Crippen LogP contribution in [0.1, 0.15) is 29.3 Å². The number of thioether (sulfide) groups is 1. The van der Waals surface area contributed by atoms with Crippen LogP contribution in [0.2, 0.25) is 0 Å². The molecule has 0 saturated carbocycles. The van der Waals surface area contributed by atoms with E-state index >= 15 is 0 Å². The third-order valence-electron chi connectivity index (χ3n) is 7.58. The van der Waals surface area contributed by atoms with Crippen LogP contribution in [0.4, 0.5) is 21.3 Å². The van der Waals surface area contributed by atoms with Crippen LogP contribution >= 0.6 is 23.1 Å². The van der Waals surface area contributed by atoms with Crippen molar-refractivity contribution in [3.63, 3.8) is 0 Å². The molecule has 5 amide bonds. The molecule has 2 atom stereocenters. The van der Waals surface area contributed by atoms with Gasteiger partial charge < -0.3 is 42.0 Å². The van der Waals surface area contributed by atoms with Gasteiger partial charge in [0.15, 0.2) is 11.1 Å². The Morgan fingerprint density at radius 3 is 2.56 bits per heavy atom. The van der Waals surface area contributed by atoms with Crippen LogP contribution < -0.4 is 42.0 Å². The number of benzene rings is 3. The summed E-state index contributed by atoms with van der Waals surface area (Å²) in [5, 5.41) is 23.1. The fraction of sp³-hybridized carbons (Fsp3) is 0.229. The smallest absolute Gasteiger partial charge is 0.321 e. The van der Waals surface area contributed by atoms with Crippen molar-refractivity contribution in [2.45, 2.75) is 30.7 Å². The number of nitrogens with one attached hydrogen (secondary N) is 6. The maximum Gasteiger partial charge on any atom is 0.321 e. The number of nitrogens with zero attached hydrogens (tertiary/aromatic N) is 3.